The molecule has 1 amide bonds. The lowest BCUT2D eigenvalue weighted by atomic mass is 10.1. The predicted octanol–water partition coefficient (Wildman–Crippen LogP) is 4.50. The lowest BCUT2D eigenvalue weighted by Gasteiger charge is -2.11. The van der Waals surface area contributed by atoms with Crippen molar-refractivity contribution in [2.45, 2.75) is 0 Å². The van der Waals surface area contributed by atoms with Gasteiger partial charge in [-0.25, -0.2) is 4.98 Å². The molecule has 0 spiro atoms. The summed E-state index contributed by atoms with van der Waals surface area (Å²) in [5.74, 6) is 1.66. The Bertz CT molecular complexity index is 1120. The van der Waals surface area contributed by atoms with Crippen LogP contribution in [0, 0.1) is 0 Å². The van der Waals surface area contributed by atoms with E-state index >= 15 is 0 Å². The Labute approximate surface area is 162 Å². The Hall–Kier alpha value is -3.80. The fourth-order valence-electron chi connectivity index (χ4n) is 3.01. The van der Waals surface area contributed by atoms with Gasteiger partial charge in [0.15, 0.2) is 11.5 Å². The molecule has 4 aromatic rings. The van der Waals surface area contributed by atoms with Crippen LogP contribution < -0.4 is 14.8 Å². The molecule has 0 aliphatic heterocycles. The van der Waals surface area contributed by atoms with Crippen LogP contribution in [-0.4, -0.2) is 30.1 Å². The molecule has 6 heteroatoms. The van der Waals surface area contributed by atoms with Gasteiger partial charge in [-0.3, -0.25) is 4.79 Å². The van der Waals surface area contributed by atoms with Crippen LogP contribution in [-0.2, 0) is 0 Å². The Morgan fingerprint density at radius 2 is 1.75 bits per heavy atom. The number of para-hydroxylation sites is 2. The third-order valence-corrected chi connectivity index (χ3v) is 4.43. The number of imidazole rings is 1. The van der Waals surface area contributed by atoms with Gasteiger partial charge in [-0.2, -0.15) is 0 Å². The highest BCUT2D eigenvalue weighted by Gasteiger charge is 2.12. The molecule has 0 saturated carbocycles. The first-order chi connectivity index (χ1) is 13.7. The third kappa shape index (κ3) is 3.40. The Kier molecular flexibility index (Phi) is 4.68. The zero-order chi connectivity index (χ0) is 19.5. The molecule has 0 unspecified atom stereocenters. The molecule has 3 aromatic carbocycles. The van der Waals surface area contributed by atoms with E-state index in [9.17, 15) is 4.79 Å². The number of hydrogen-bond acceptors (Lipinski definition) is 4. The molecule has 28 heavy (non-hydrogen) atoms. The number of nitrogens with zero attached hydrogens (tertiary/aromatic N) is 1. The fraction of sp³-hybridized carbons (Fsp3) is 0.0909. The molecule has 1 heterocycles. The molecule has 140 valence electrons. The molecule has 0 saturated heterocycles. The molecule has 0 radical (unpaired) electrons. The Balaban J connectivity index is 1.59. The van der Waals surface area contributed by atoms with Crippen LogP contribution in [0.4, 0.5) is 5.69 Å². The monoisotopic (exact) mass is 373 g/mol. The Morgan fingerprint density at radius 3 is 2.54 bits per heavy atom. The van der Waals surface area contributed by atoms with Crippen molar-refractivity contribution >= 4 is 22.6 Å². The van der Waals surface area contributed by atoms with Crippen LogP contribution in [0.5, 0.6) is 11.5 Å². The molecule has 6 nitrogen and oxygen atoms in total. The van der Waals surface area contributed by atoms with Crippen molar-refractivity contribution in [1.82, 2.24) is 9.97 Å². The van der Waals surface area contributed by atoms with Crippen LogP contribution in [0.1, 0.15) is 10.4 Å². The van der Waals surface area contributed by atoms with E-state index in [1.165, 1.54) is 0 Å². The number of hydrogen-bond donors (Lipinski definition) is 2. The number of carbonyl (C=O) groups excluding carboxylic acids is 1. The summed E-state index contributed by atoms with van der Waals surface area (Å²) in [7, 11) is 3.12. The SMILES string of the molecule is COc1ccc(NC(=O)c2cccc(-c3nc4ccccc4[nH]3)c2)cc1OC. The normalized spacial score (nSPS) is 10.6. The van der Waals surface area contributed by atoms with E-state index in [2.05, 4.69) is 15.3 Å². The number of aromatic nitrogens is 2. The summed E-state index contributed by atoms with van der Waals surface area (Å²) in [6.07, 6.45) is 0. The van der Waals surface area contributed by atoms with Crippen molar-refractivity contribution in [2.24, 2.45) is 0 Å². The number of amides is 1. The molecular formula is C22H19N3O3. The van der Waals surface area contributed by atoms with E-state index in [1.54, 1.807) is 38.5 Å². The average Bonchev–Trinajstić information content (AvgIpc) is 3.18. The summed E-state index contributed by atoms with van der Waals surface area (Å²) in [5, 5.41) is 2.88. The summed E-state index contributed by atoms with van der Waals surface area (Å²) < 4.78 is 10.5. The maximum Gasteiger partial charge on any atom is 0.255 e. The maximum atomic E-state index is 12.7. The topological polar surface area (TPSA) is 76.2 Å². The highest BCUT2D eigenvalue weighted by Crippen LogP contribution is 2.30. The number of anilines is 1. The van der Waals surface area contributed by atoms with Crippen LogP contribution in [0.25, 0.3) is 22.4 Å². The van der Waals surface area contributed by atoms with Crippen molar-refractivity contribution < 1.29 is 14.3 Å². The molecule has 0 fully saturated rings. The van der Waals surface area contributed by atoms with Crippen molar-refractivity contribution in [3.63, 3.8) is 0 Å². The Morgan fingerprint density at radius 1 is 0.929 bits per heavy atom. The van der Waals surface area contributed by atoms with Crippen molar-refractivity contribution in [2.75, 3.05) is 19.5 Å². The van der Waals surface area contributed by atoms with Gasteiger partial charge in [0.05, 0.1) is 25.3 Å². The van der Waals surface area contributed by atoms with Gasteiger partial charge in [0, 0.05) is 22.9 Å². The second-order valence-corrected chi connectivity index (χ2v) is 6.21. The average molecular weight is 373 g/mol. The van der Waals surface area contributed by atoms with Crippen molar-refractivity contribution in [3.8, 4) is 22.9 Å². The molecular weight excluding hydrogens is 354 g/mol. The largest absolute Gasteiger partial charge is 0.493 e. The molecule has 4 rings (SSSR count). The minimum Gasteiger partial charge on any atom is -0.493 e. The minimum absolute atomic E-state index is 0.217. The zero-order valence-corrected chi connectivity index (χ0v) is 15.5. The number of nitrogens with one attached hydrogen (secondary N) is 2. The van der Waals surface area contributed by atoms with Gasteiger partial charge in [-0.15, -0.1) is 0 Å². The maximum absolute atomic E-state index is 12.7. The van der Waals surface area contributed by atoms with Gasteiger partial charge in [0.2, 0.25) is 0 Å². The lowest BCUT2D eigenvalue weighted by Crippen LogP contribution is -2.12. The van der Waals surface area contributed by atoms with Crippen LogP contribution in [0.2, 0.25) is 0 Å². The highest BCUT2D eigenvalue weighted by molar-refractivity contribution is 6.05. The summed E-state index contributed by atoms with van der Waals surface area (Å²) in [5.41, 5.74) is 3.84. The van der Waals surface area contributed by atoms with E-state index in [1.807, 2.05) is 42.5 Å². The van der Waals surface area contributed by atoms with E-state index in [4.69, 9.17) is 9.47 Å². The predicted molar refractivity (Wildman–Crippen MR) is 109 cm³/mol. The first-order valence-corrected chi connectivity index (χ1v) is 8.76. The number of benzene rings is 3. The second kappa shape index (κ2) is 7.44. The molecule has 0 aliphatic carbocycles. The van der Waals surface area contributed by atoms with E-state index in [0.717, 1.165) is 22.4 Å². The van der Waals surface area contributed by atoms with Gasteiger partial charge in [-0.1, -0.05) is 24.3 Å². The first kappa shape index (κ1) is 17.6. The second-order valence-electron chi connectivity index (χ2n) is 6.21. The minimum atomic E-state index is -0.217. The van der Waals surface area contributed by atoms with Gasteiger partial charge < -0.3 is 19.8 Å². The summed E-state index contributed by atoms with van der Waals surface area (Å²) in [6.45, 7) is 0. The van der Waals surface area contributed by atoms with Crippen molar-refractivity contribution in [1.29, 1.82) is 0 Å². The number of rotatable bonds is 5. The fourth-order valence-corrected chi connectivity index (χ4v) is 3.01. The number of methoxy groups -OCH3 is 2. The van der Waals surface area contributed by atoms with Crippen molar-refractivity contribution in [3.05, 3.63) is 72.3 Å². The number of carbonyl (C=O) groups is 1. The van der Waals surface area contributed by atoms with Crippen LogP contribution in [0.15, 0.2) is 66.7 Å². The highest BCUT2D eigenvalue weighted by atomic mass is 16.5. The first-order valence-electron chi connectivity index (χ1n) is 8.76. The lowest BCUT2D eigenvalue weighted by molar-refractivity contribution is 0.102. The van der Waals surface area contributed by atoms with E-state index < -0.39 is 0 Å². The standard InChI is InChI=1S/C22H19N3O3/c1-27-19-11-10-16(13-20(19)28-2)23-22(26)15-7-5-6-14(12-15)21-24-17-8-3-4-9-18(17)25-21/h3-13H,1-2H3,(H,23,26)(H,24,25). The summed E-state index contributed by atoms with van der Waals surface area (Å²) >= 11 is 0. The van der Waals surface area contributed by atoms with Gasteiger partial charge in [-0.05, 0) is 36.4 Å². The third-order valence-electron chi connectivity index (χ3n) is 4.43. The number of H-pyrrole nitrogens is 1. The summed E-state index contributed by atoms with van der Waals surface area (Å²) in [6, 6.07) is 20.4. The molecule has 0 atom stereocenters. The van der Waals surface area contributed by atoms with Crippen LogP contribution >= 0.6 is 0 Å². The quantitative estimate of drug-likeness (QED) is 0.540. The number of aromatic amines is 1. The molecule has 0 bridgehead atoms. The molecule has 1 aromatic heterocycles. The van der Waals surface area contributed by atoms with Crippen LogP contribution in [0.3, 0.4) is 0 Å². The smallest absolute Gasteiger partial charge is 0.255 e. The van der Waals surface area contributed by atoms with E-state index in [-0.39, 0.29) is 5.91 Å². The number of ether oxygens (including phenoxy) is 2. The van der Waals surface area contributed by atoms with Gasteiger partial charge in [0.25, 0.3) is 5.91 Å². The number of fused-ring (bicyclic) bond motifs is 1. The van der Waals surface area contributed by atoms with Gasteiger partial charge >= 0.3 is 0 Å². The summed E-state index contributed by atoms with van der Waals surface area (Å²) in [4.78, 5) is 20.6. The van der Waals surface area contributed by atoms with Gasteiger partial charge in [0.1, 0.15) is 5.82 Å². The van der Waals surface area contributed by atoms with E-state index in [0.29, 0.717) is 22.7 Å². The molecule has 0 aliphatic rings. The molecule has 2 N–H and O–H groups in total. The zero-order valence-electron chi connectivity index (χ0n) is 15.5.